The summed E-state index contributed by atoms with van der Waals surface area (Å²) in [5.41, 5.74) is 0.0702. The van der Waals surface area contributed by atoms with Crippen molar-refractivity contribution < 1.29 is 8.78 Å². The molecule has 0 aliphatic heterocycles. The number of nitrogens with zero attached hydrogens (tertiary/aromatic N) is 2. The third kappa shape index (κ3) is 1.28. The van der Waals surface area contributed by atoms with Crippen LogP contribution in [0.5, 0.6) is 0 Å². The molecule has 1 aliphatic carbocycles. The molecule has 0 fully saturated rings. The lowest BCUT2D eigenvalue weighted by Gasteiger charge is -2.10. The van der Waals surface area contributed by atoms with Crippen molar-refractivity contribution >= 4 is 23.2 Å². The predicted octanol–water partition coefficient (Wildman–Crippen LogP) is 2.82. The van der Waals surface area contributed by atoms with Gasteiger partial charge in [-0.1, -0.05) is 23.2 Å². The van der Waals surface area contributed by atoms with Crippen molar-refractivity contribution in [1.29, 1.82) is 0 Å². The molecule has 0 unspecified atom stereocenters. The third-order valence-corrected chi connectivity index (χ3v) is 2.61. The van der Waals surface area contributed by atoms with Crippen LogP contribution >= 0.6 is 23.2 Å². The van der Waals surface area contributed by atoms with E-state index in [1.54, 1.807) is 0 Å². The molecule has 0 spiro atoms. The Bertz CT molecular complexity index is 368. The Labute approximate surface area is 82.9 Å². The first-order valence-corrected chi connectivity index (χ1v) is 4.37. The summed E-state index contributed by atoms with van der Waals surface area (Å²) in [5.74, 6) is -2.91. The Hall–Kier alpha value is -0.480. The van der Waals surface area contributed by atoms with E-state index in [4.69, 9.17) is 23.2 Å². The number of fused-ring (bicyclic) bond motifs is 1. The van der Waals surface area contributed by atoms with E-state index in [0.717, 1.165) is 0 Å². The fourth-order valence-electron chi connectivity index (χ4n) is 1.43. The highest BCUT2D eigenvalue weighted by atomic mass is 35.5. The standard InChI is InChI=1S/C7H4Cl2F2N2/c8-5-3-1-2-7(10,11)4(3)6(9)13-12-5/h1-2H2. The molecule has 1 aliphatic rings. The van der Waals surface area contributed by atoms with Crippen LogP contribution in [0.25, 0.3) is 0 Å². The Morgan fingerprint density at radius 1 is 1.15 bits per heavy atom. The van der Waals surface area contributed by atoms with E-state index in [-0.39, 0.29) is 28.7 Å². The van der Waals surface area contributed by atoms with E-state index in [1.165, 1.54) is 0 Å². The van der Waals surface area contributed by atoms with Gasteiger partial charge in [-0.25, -0.2) is 8.78 Å². The molecule has 1 heterocycles. The largest absolute Gasteiger partial charge is 0.276 e. The van der Waals surface area contributed by atoms with Crippen molar-refractivity contribution in [1.82, 2.24) is 10.2 Å². The zero-order valence-electron chi connectivity index (χ0n) is 6.32. The number of aromatic nitrogens is 2. The van der Waals surface area contributed by atoms with Gasteiger partial charge in [-0.05, 0) is 6.42 Å². The van der Waals surface area contributed by atoms with Crippen LogP contribution < -0.4 is 0 Å². The molecule has 2 nitrogen and oxygen atoms in total. The summed E-state index contributed by atoms with van der Waals surface area (Å²) < 4.78 is 26.3. The van der Waals surface area contributed by atoms with Gasteiger partial charge in [0.15, 0.2) is 10.3 Å². The zero-order chi connectivity index (χ0) is 9.64. The molecule has 0 aromatic carbocycles. The van der Waals surface area contributed by atoms with Crippen LogP contribution in [0.15, 0.2) is 0 Å². The minimum atomic E-state index is -2.91. The molecule has 0 radical (unpaired) electrons. The van der Waals surface area contributed by atoms with Crippen LogP contribution in [-0.2, 0) is 12.3 Å². The summed E-state index contributed by atoms with van der Waals surface area (Å²) >= 11 is 11.1. The Morgan fingerprint density at radius 2 is 1.77 bits per heavy atom. The second-order valence-corrected chi connectivity index (χ2v) is 3.56. The van der Waals surface area contributed by atoms with Gasteiger partial charge in [0, 0.05) is 12.0 Å². The van der Waals surface area contributed by atoms with Crippen molar-refractivity contribution in [3.8, 4) is 0 Å². The summed E-state index contributed by atoms with van der Waals surface area (Å²) in [6.07, 6.45) is -0.0639. The number of hydrogen-bond acceptors (Lipinski definition) is 2. The highest BCUT2D eigenvalue weighted by Crippen LogP contribution is 2.45. The highest BCUT2D eigenvalue weighted by Gasteiger charge is 2.43. The minimum absolute atomic E-state index is 0.0246. The molecule has 0 N–H and O–H groups in total. The quantitative estimate of drug-likeness (QED) is 0.678. The van der Waals surface area contributed by atoms with Gasteiger partial charge < -0.3 is 0 Å². The molecule has 0 atom stereocenters. The van der Waals surface area contributed by atoms with Crippen molar-refractivity contribution in [2.45, 2.75) is 18.8 Å². The molecular formula is C7H4Cl2F2N2. The van der Waals surface area contributed by atoms with E-state index in [1.807, 2.05) is 0 Å². The molecule has 1 aromatic rings. The molecular weight excluding hydrogens is 221 g/mol. The first-order chi connectivity index (χ1) is 6.02. The van der Waals surface area contributed by atoms with E-state index < -0.39 is 5.92 Å². The van der Waals surface area contributed by atoms with Crippen molar-refractivity contribution in [2.75, 3.05) is 0 Å². The first-order valence-electron chi connectivity index (χ1n) is 3.61. The lowest BCUT2D eigenvalue weighted by Crippen LogP contribution is -2.09. The average molecular weight is 225 g/mol. The SMILES string of the molecule is FC1(F)CCc2c(Cl)nnc(Cl)c21. The maximum absolute atomic E-state index is 13.2. The van der Waals surface area contributed by atoms with Crippen LogP contribution in [-0.4, -0.2) is 10.2 Å². The van der Waals surface area contributed by atoms with E-state index in [9.17, 15) is 8.78 Å². The molecule has 0 bridgehead atoms. The lowest BCUT2D eigenvalue weighted by atomic mass is 10.2. The van der Waals surface area contributed by atoms with Gasteiger partial charge >= 0.3 is 0 Å². The molecule has 70 valence electrons. The maximum Gasteiger partial charge on any atom is 0.276 e. The summed E-state index contributed by atoms with van der Waals surface area (Å²) in [4.78, 5) is 0. The predicted molar refractivity (Wildman–Crippen MR) is 44.3 cm³/mol. The van der Waals surface area contributed by atoms with Gasteiger partial charge in [0.25, 0.3) is 5.92 Å². The summed E-state index contributed by atoms with van der Waals surface area (Å²) in [6.45, 7) is 0. The molecule has 0 saturated carbocycles. The summed E-state index contributed by atoms with van der Waals surface area (Å²) in [7, 11) is 0. The molecule has 0 saturated heterocycles. The van der Waals surface area contributed by atoms with E-state index in [0.29, 0.717) is 5.56 Å². The van der Waals surface area contributed by atoms with E-state index >= 15 is 0 Å². The van der Waals surface area contributed by atoms with Gasteiger partial charge in [-0.15, -0.1) is 10.2 Å². The zero-order valence-corrected chi connectivity index (χ0v) is 7.83. The number of hydrogen-bond donors (Lipinski definition) is 0. The van der Waals surface area contributed by atoms with Gasteiger partial charge in [0.2, 0.25) is 0 Å². The number of halogens is 4. The normalized spacial score (nSPS) is 18.8. The monoisotopic (exact) mass is 224 g/mol. The van der Waals surface area contributed by atoms with Crippen LogP contribution in [0, 0.1) is 0 Å². The molecule has 6 heteroatoms. The van der Waals surface area contributed by atoms with Gasteiger partial charge in [-0.2, -0.15) is 0 Å². The number of rotatable bonds is 0. The summed E-state index contributed by atoms with van der Waals surface area (Å²) in [5, 5.41) is 6.59. The first kappa shape index (κ1) is 9.09. The number of alkyl halides is 2. The average Bonchev–Trinajstić information content (AvgIpc) is 2.36. The van der Waals surface area contributed by atoms with Gasteiger partial charge in [0.1, 0.15) is 0 Å². The maximum atomic E-state index is 13.2. The Balaban J connectivity index is 2.70. The second kappa shape index (κ2) is 2.75. The topological polar surface area (TPSA) is 25.8 Å². The fraction of sp³-hybridized carbons (Fsp3) is 0.429. The third-order valence-electron chi connectivity index (χ3n) is 2.04. The van der Waals surface area contributed by atoms with E-state index in [2.05, 4.69) is 10.2 Å². The molecule has 0 amide bonds. The minimum Gasteiger partial charge on any atom is -0.201 e. The van der Waals surface area contributed by atoms with Crippen LogP contribution in [0.2, 0.25) is 10.3 Å². The van der Waals surface area contributed by atoms with Crippen LogP contribution in [0.4, 0.5) is 8.78 Å². The lowest BCUT2D eigenvalue weighted by molar-refractivity contribution is -0.00207. The van der Waals surface area contributed by atoms with Crippen molar-refractivity contribution in [3.05, 3.63) is 21.4 Å². The summed E-state index contributed by atoms with van der Waals surface area (Å²) in [6, 6.07) is 0. The van der Waals surface area contributed by atoms with Crippen LogP contribution in [0.3, 0.4) is 0 Å². The Morgan fingerprint density at radius 3 is 2.38 bits per heavy atom. The molecule has 13 heavy (non-hydrogen) atoms. The Kier molecular flexibility index (Phi) is 1.92. The fourth-order valence-corrected chi connectivity index (χ4v) is 1.95. The van der Waals surface area contributed by atoms with Crippen LogP contribution in [0.1, 0.15) is 17.5 Å². The van der Waals surface area contributed by atoms with Crippen molar-refractivity contribution in [2.24, 2.45) is 0 Å². The molecule has 2 rings (SSSR count). The van der Waals surface area contributed by atoms with Crippen molar-refractivity contribution in [3.63, 3.8) is 0 Å². The smallest absolute Gasteiger partial charge is 0.201 e. The second-order valence-electron chi connectivity index (χ2n) is 2.84. The van der Waals surface area contributed by atoms with Gasteiger partial charge in [-0.3, -0.25) is 0 Å². The van der Waals surface area contributed by atoms with Gasteiger partial charge in [0.05, 0.1) is 5.56 Å². The highest BCUT2D eigenvalue weighted by molar-refractivity contribution is 6.32. The molecule has 1 aromatic heterocycles.